The Morgan fingerprint density at radius 3 is 2.83 bits per heavy atom. The number of carbonyl (C=O) groups excluding carboxylic acids is 1. The van der Waals surface area contributed by atoms with Gasteiger partial charge in [-0.1, -0.05) is 38.1 Å². The van der Waals surface area contributed by atoms with Gasteiger partial charge in [-0.2, -0.15) is 0 Å². The SMILES string of the molecule is CC(C)(C)c1cc(C(=O)N2CCNCC2c2cccc(F)c2)no1. The number of halogens is 1. The van der Waals surface area contributed by atoms with Crippen molar-refractivity contribution >= 4 is 5.91 Å². The second kappa shape index (κ2) is 6.36. The molecule has 0 radical (unpaired) electrons. The summed E-state index contributed by atoms with van der Waals surface area (Å²) in [4.78, 5) is 14.6. The third-order valence-electron chi connectivity index (χ3n) is 4.21. The molecule has 2 heterocycles. The Kier molecular flexibility index (Phi) is 4.41. The van der Waals surface area contributed by atoms with Crippen LogP contribution in [0.5, 0.6) is 0 Å². The first-order valence-electron chi connectivity index (χ1n) is 8.10. The summed E-state index contributed by atoms with van der Waals surface area (Å²) < 4.78 is 18.9. The Balaban J connectivity index is 1.87. The van der Waals surface area contributed by atoms with Crippen LogP contribution in [0.2, 0.25) is 0 Å². The monoisotopic (exact) mass is 331 g/mol. The Morgan fingerprint density at radius 2 is 2.17 bits per heavy atom. The summed E-state index contributed by atoms with van der Waals surface area (Å²) in [5, 5.41) is 7.20. The number of nitrogens with one attached hydrogen (secondary N) is 1. The minimum atomic E-state index is -0.304. The third-order valence-corrected chi connectivity index (χ3v) is 4.21. The van der Waals surface area contributed by atoms with Crippen LogP contribution >= 0.6 is 0 Å². The summed E-state index contributed by atoms with van der Waals surface area (Å²) >= 11 is 0. The lowest BCUT2D eigenvalue weighted by atomic mass is 9.93. The molecule has 1 atom stereocenters. The number of hydrogen-bond acceptors (Lipinski definition) is 4. The highest BCUT2D eigenvalue weighted by atomic mass is 19.1. The molecule has 128 valence electrons. The van der Waals surface area contributed by atoms with Crippen LogP contribution < -0.4 is 5.32 Å². The molecule has 6 heteroatoms. The first-order chi connectivity index (χ1) is 11.4. The van der Waals surface area contributed by atoms with Gasteiger partial charge < -0.3 is 14.7 Å². The zero-order chi connectivity index (χ0) is 17.3. The van der Waals surface area contributed by atoms with Crippen LogP contribution in [0.4, 0.5) is 4.39 Å². The van der Waals surface area contributed by atoms with Crippen LogP contribution in [-0.2, 0) is 5.41 Å². The van der Waals surface area contributed by atoms with E-state index in [4.69, 9.17) is 4.52 Å². The Labute approximate surface area is 140 Å². The molecule has 0 spiro atoms. The van der Waals surface area contributed by atoms with E-state index in [0.717, 1.165) is 5.56 Å². The third kappa shape index (κ3) is 3.33. The van der Waals surface area contributed by atoms with Crippen molar-refractivity contribution < 1.29 is 13.7 Å². The van der Waals surface area contributed by atoms with Crippen LogP contribution in [-0.4, -0.2) is 35.6 Å². The van der Waals surface area contributed by atoms with Crippen molar-refractivity contribution in [2.75, 3.05) is 19.6 Å². The quantitative estimate of drug-likeness (QED) is 0.919. The van der Waals surface area contributed by atoms with Crippen molar-refractivity contribution in [2.24, 2.45) is 0 Å². The summed E-state index contributed by atoms with van der Waals surface area (Å²) in [7, 11) is 0. The van der Waals surface area contributed by atoms with Gasteiger partial charge in [-0.25, -0.2) is 4.39 Å². The molecule has 0 saturated carbocycles. The lowest BCUT2D eigenvalue weighted by molar-refractivity contribution is 0.0623. The highest BCUT2D eigenvalue weighted by Crippen LogP contribution is 2.27. The zero-order valence-corrected chi connectivity index (χ0v) is 14.2. The number of carbonyl (C=O) groups is 1. The summed E-state index contributed by atoms with van der Waals surface area (Å²) in [6.45, 7) is 7.82. The molecule has 5 nitrogen and oxygen atoms in total. The van der Waals surface area contributed by atoms with Crippen molar-refractivity contribution in [1.29, 1.82) is 0 Å². The van der Waals surface area contributed by atoms with Crippen molar-refractivity contribution in [2.45, 2.75) is 32.2 Å². The van der Waals surface area contributed by atoms with Crippen LogP contribution in [0.25, 0.3) is 0 Å². The van der Waals surface area contributed by atoms with Gasteiger partial charge in [-0.3, -0.25) is 4.79 Å². The molecule has 1 aromatic carbocycles. The normalized spacial score (nSPS) is 18.7. The lowest BCUT2D eigenvalue weighted by Gasteiger charge is -2.36. The largest absolute Gasteiger partial charge is 0.360 e. The number of hydrogen-bond donors (Lipinski definition) is 1. The maximum absolute atomic E-state index is 13.6. The van der Waals surface area contributed by atoms with Gasteiger partial charge in [0.1, 0.15) is 11.6 Å². The molecule has 1 unspecified atom stereocenters. The molecule has 0 bridgehead atoms. The van der Waals surface area contributed by atoms with Crippen molar-refractivity contribution in [3.63, 3.8) is 0 Å². The smallest absolute Gasteiger partial charge is 0.276 e. The van der Waals surface area contributed by atoms with Crippen LogP contribution in [0.15, 0.2) is 34.9 Å². The fraction of sp³-hybridized carbons (Fsp3) is 0.444. The minimum Gasteiger partial charge on any atom is -0.360 e. The fourth-order valence-corrected chi connectivity index (χ4v) is 2.84. The molecule has 1 aromatic heterocycles. The van der Waals surface area contributed by atoms with E-state index >= 15 is 0 Å². The molecule has 1 N–H and O–H groups in total. The molecular formula is C18H22FN3O2. The van der Waals surface area contributed by atoms with E-state index in [9.17, 15) is 9.18 Å². The van der Waals surface area contributed by atoms with E-state index in [1.165, 1.54) is 12.1 Å². The molecular weight excluding hydrogens is 309 g/mol. The van der Waals surface area contributed by atoms with Gasteiger partial charge in [0.2, 0.25) is 0 Å². The van der Waals surface area contributed by atoms with E-state index < -0.39 is 0 Å². The van der Waals surface area contributed by atoms with Gasteiger partial charge in [0, 0.05) is 31.1 Å². The number of amides is 1. The molecule has 1 fully saturated rings. The van der Waals surface area contributed by atoms with Gasteiger partial charge >= 0.3 is 0 Å². The number of rotatable bonds is 2. The van der Waals surface area contributed by atoms with Crippen molar-refractivity contribution in [1.82, 2.24) is 15.4 Å². The van der Waals surface area contributed by atoms with Crippen molar-refractivity contribution in [3.8, 4) is 0 Å². The average molecular weight is 331 g/mol. The first kappa shape index (κ1) is 16.6. The van der Waals surface area contributed by atoms with E-state index in [2.05, 4.69) is 10.5 Å². The van der Waals surface area contributed by atoms with Gasteiger partial charge in [0.05, 0.1) is 6.04 Å². The summed E-state index contributed by atoms with van der Waals surface area (Å²) in [5.41, 5.74) is 0.857. The predicted molar refractivity (Wildman–Crippen MR) is 88.3 cm³/mol. The highest BCUT2D eigenvalue weighted by Gasteiger charge is 2.31. The molecule has 1 aliphatic rings. The zero-order valence-electron chi connectivity index (χ0n) is 14.2. The van der Waals surface area contributed by atoms with E-state index in [1.54, 1.807) is 17.0 Å². The molecule has 1 aliphatic heterocycles. The number of nitrogens with zero attached hydrogens (tertiary/aromatic N) is 2. The van der Waals surface area contributed by atoms with E-state index in [1.807, 2.05) is 26.8 Å². The predicted octanol–water partition coefficient (Wildman–Crippen LogP) is 2.90. The summed E-state index contributed by atoms with van der Waals surface area (Å²) in [6, 6.07) is 7.85. The van der Waals surface area contributed by atoms with Gasteiger partial charge in [-0.15, -0.1) is 0 Å². The molecule has 1 saturated heterocycles. The Bertz CT molecular complexity index is 736. The van der Waals surface area contributed by atoms with E-state index in [-0.39, 0.29) is 23.2 Å². The molecule has 1 amide bonds. The van der Waals surface area contributed by atoms with Crippen LogP contribution in [0, 0.1) is 5.82 Å². The summed E-state index contributed by atoms with van der Waals surface area (Å²) in [6.07, 6.45) is 0. The van der Waals surface area contributed by atoms with Gasteiger partial charge in [-0.05, 0) is 17.7 Å². The second-order valence-electron chi connectivity index (χ2n) is 7.10. The number of benzene rings is 1. The lowest BCUT2D eigenvalue weighted by Crippen LogP contribution is -2.48. The summed E-state index contributed by atoms with van der Waals surface area (Å²) in [5.74, 6) is 0.176. The molecule has 3 rings (SSSR count). The average Bonchev–Trinajstić information content (AvgIpc) is 3.04. The van der Waals surface area contributed by atoms with Crippen LogP contribution in [0.3, 0.4) is 0 Å². The Morgan fingerprint density at radius 1 is 1.38 bits per heavy atom. The van der Waals surface area contributed by atoms with Gasteiger partial charge in [0.15, 0.2) is 5.69 Å². The molecule has 2 aromatic rings. The maximum atomic E-state index is 13.6. The highest BCUT2D eigenvalue weighted by molar-refractivity contribution is 5.92. The first-order valence-corrected chi connectivity index (χ1v) is 8.10. The minimum absolute atomic E-state index is 0.190. The fourth-order valence-electron chi connectivity index (χ4n) is 2.84. The van der Waals surface area contributed by atoms with E-state index in [0.29, 0.717) is 31.1 Å². The molecule has 0 aliphatic carbocycles. The van der Waals surface area contributed by atoms with Gasteiger partial charge in [0.25, 0.3) is 5.91 Å². The van der Waals surface area contributed by atoms with Crippen LogP contribution in [0.1, 0.15) is 48.6 Å². The standard InChI is InChI=1S/C18H22FN3O2/c1-18(2,3)16-10-14(21-24-16)17(23)22-8-7-20-11-15(22)12-5-4-6-13(19)9-12/h4-6,9-10,15,20H,7-8,11H2,1-3H3. The Hall–Kier alpha value is -2.21. The van der Waals surface area contributed by atoms with Crippen molar-refractivity contribution in [3.05, 3.63) is 53.2 Å². The molecule has 24 heavy (non-hydrogen) atoms. The maximum Gasteiger partial charge on any atom is 0.276 e. The second-order valence-corrected chi connectivity index (χ2v) is 7.10. The topological polar surface area (TPSA) is 58.4 Å². The number of aromatic nitrogens is 1. The number of piperazine rings is 1.